The minimum atomic E-state index is -4.39. The van der Waals surface area contributed by atoms with Gasteiger partial charge in [0.05, 0.1) is 18.0 Å². The Kier molecular flexibility index (Phi) is 5.49. The van der Waals surface area contributed by atoms with Gasteiger partial charge in [-0.15, -0.1) is 0 Å². The van der Waals surface area contributed by atoms with Crippen LogP contribution in [0, 0.1) is 5.92 Å². The third kappa shape index (κ3) is 4.49. The van der Waals surface area contributed by atoms with E-state index in [0.717, 1.165) is 50.7 Å². The van der Waals surface area contributed by atoms with Gasteiger partial charge in [0.15, 0.2) is 0 Å². The Balaban J connectivity index is 1.47. The zero-order chi connectivity index (χ0) is 19.0. The van der Waals surface area contributed by atoms with Crippen LogP contribution < -0.4 is 0 Å². The number of nitrogens with zero attached hydrogens (tertiary/aromatic N) is 4. The van der Waals surface area contributed by atoms with E-state index in [1.54, 1.807) is 0 Å². The lowest BCUT2D eigenvalue weighted by Crippen LogP contribution is -2.37. The van der Waals surface area contributed by atoms with Gasteiger partial charge in [0.25, 0.3) is 0 Å². The smallest absolute Gasteiger partial charge is 0.380 e. The molecule has 27 heavy (non-hydrogen) atoms. The monoisotopic (exact) mass is 386 g/mol. The van der Waals surface area contributed by atoms with Crippen molar-refractivity contribution in [1.29, 1.82) is 0 Å². The number of likely N-dealkylation sites (tertiary alicyclic amines) is 1. The Bertz CT molecular complexity index is 648. The van der Waals surface area contributed by atoms with Crippen LogP contribution in [0.25, 0.3) is 0 Å². The van der Waals surface area contributed by atoms with E-state index in [0.29, 0.717) is 31.9 Å². The van der Waals surface area contributed by atoms with Crippen LogP contribution in [0.1, 0.15) is 48.8 Å². The SMILES string of the molecule is CN1CCC(c2nc(C(F)(F)F)n3c2CN(CCOCC2CC2)CC3)CC1. The fourth-order valence-corrected chi connectivity index (χ4v) is 4.19. The minimum absolute atomic E-state index is 0.129. The first kappa shape index (κ1) is 19.2. The number of rotatable bonds is 6. The molecule has 5 nitrogen and oxygen atoms in total. The van der Waals surface area contributed by atoms with Crippen LogP contribution in [0.5, 0.6) is 0 Å². The van der Waals surface area contributed by atoms with Crippen molar-refractivity contribution in [1.82, 2.24) is 19.4 Å². The lowest BCUT2D eigenvalue weighted by Gasteiger charge is -2.32. The summed E-state index contributed by atoms with van der Waals surface area (Å²) >= 11 is 0. The van der Waals surface area contributed by atoms with Gasteiger partial charge in [-0.2, -0.15) is 13.2 Å². The zero-order valence-electron chi connectivity index (χ0n) is 16.0. The fourth-order valence-electron chi connectivity index (χ4n) is 4.19. The average Bonchev–Trinajstić information content (AvgIpc) is 3.37. The Morgan fingerprint density at radius 1 is 1.07 bits per heavy atom. The van der Waals surface area contributed by atoms with Crippen molar-refractivity contribution in [2.24, 2.45) is 5.92 Å². The third-order valence-corrected chi connectivity index (χ3v) is 6.08. The summed E-state index contributed by atoms with van der Waals surface area (Å²) in [6, 6.07) is 0. The van der Waals surface area contributed by atoms with Crippen molar-refractivity contribution >= 4 is 0 Å². The predicted molar refractivity (Wildman–Crippen MR) is 95.5 cm³/mol. The predicted octanol–water partition coefficient (Wildman–Crippen LogP) is 2.95. The molecule has 0 atom stereocenters. The molecule has 2 fully saturated rings. The van der Waals surface area contributed by atoms with Gasteiger partial charge in [-0.1, -0.05) is 0 Å². The molecule has 0 unspecified atom stereocenters. The maximum absolute atomic E-state index is 13.5. The van der Waals surface area contributed by atoms with Crippen molar-refractivity contribution in [3.8, 4) is 0 Å². The van der Waals surface area contributed by atoms with Gasteiger partial charge in [-0.25, -0.2) is 4.98 Å². The molecule has 1 aromatic heterocycles. The molecular weight excluding hydrogens is 357 g/mol. The van der Waals surface area contributed by atoms with Crippen LogP contribution in [-0.4, -0.2) is 65.8 Å². The molecule has 3 aliphatic rings. The fraction of sp³-hybridized carbons (Fsp3) is 0.842. The van der Waals surface area contributed by atoms with Crippen LogP contribution in [-0.2, 0) is 24.0 Å². The number of aromatic nitrogens is 2. The second kappa shape index (κ2) is 7.72. The first-order chi connectivity index (χ1) is 12.9. The highest BCUT2D eigenvalue weighted by atomic mass is 19.4. The molecule has 1 saturated heterocycles. The van der Waals surface area contributed by atoms with Crippen molar-refractivity contribution in [3.63, 3.8) is 0 Å². The van der Waals surface area contributed by atoms with Crippen molar-refractivity contribution < 1.29 is 17.9 Å². The number of halogens is 3. The minimum Gasteiger partial charge on any atom is -0.380 e. The number of piperidine rings is 1. The summed E-state index contributed by atoms with van der Waals surface area (Å²) in [4.78, 5) is 8.58. The molecule has 1 aliphatic carbocycles. The van der Waals surface area contributed by atoms with E-state index in [2.05, 4.69) is 21.8 Å². The number of hydrogen-bond donors (Lipinski definition) is 0. The van der Waals surface area contributed by atoms with Crippen LogP contribution in [0.4, 0.5) is 13.2 Å². The van der Waals surface area contributed by atoms with Gasteiger partial charge in [-0.3, -0.25) is 4.90 Å². The maximum Gasteiger partial charge on any atom is 0.449 e. The van der Waals surface area contributed by atoms with Gasteiger partial charge < -0.3 is 14.2 Å². The lowest BCUT2D eigenvalue weighted by molar-refractivity contribution is -0.147. The van der Waals surface area contributed by atoms with Crippen LogP contribution >= 0.6 is 0 Å². The molecule has 0 spiro atoms. The average molecular weight is 386 g/mol. The molecule has 0 bridgehead atoms. The van der Waals surface area contributed by atoms with Gasteiger partial charge >= 0.3 is 6.18 Å². The molecular formula is C19H29F3N4O. The second-order valence-corrected chi connectivity index (χ2v) is 8.29. The molecule has 8 heteroatoms. The van der Waals surface area contributed by atoms with E-state index >= 15 is 0 Å². The highest BCUT2D eigenvalue weighted by Crippen LogP contribution is 2.37. The summed E-state index contributed by atoms with van der Waals surface area (Å²) in [5.41, 5.74) is 1.45. The van der Waals surface area contributed by atoms with Crippen LogP contribution in [0.2, 0.25) is 0 Å². The van der Waals surface area contributed by atoms with Crippen molar-refractivity contribution in [2.45, 2.75) is 50.9 Å². The summed E-state index contributed by atoms with van der Waals surface area (Å²) in [7, 11) is 2.06. The molecule has 0 amide bonds. The van der Waals surface area contributed by atoms with Gasteiger partial charge in [0.2, 0.25) is 5.82 Å². The molecule has 1 aromatic rings. The van der Waals surface area contributed by atoms with Crippen LogP contribution in [0.15, 0.2) is 0 Å². The summed E-state index contributed by atoms with van der Waals surface area (Å²) in [6.07, 6.45) is -0.106. The second-order valence-electron chi connectivity index (χ2n) is 8.29. The molecule has 2 aliphatic heterocycles. The molecule has 4 rings (SSSR count). The number of ether oxygens (including phenoxy) is 1. The summed E-state index contributed by atoms with van der Waals surface area (Å²) in [6.45, 7) is 5.58. The molecule has 0 aromatic carbocycles. The Morgan fingerprint density at radius 2 is 1.81 bits per heavy atom. The van der Waals surface area contributed by atoms with Crippen molar-refractivity contribution in [3.05, 3.63) is 17.2 Å². The molecule has 1 saturated carbocycles. The van der Waals surface area contributed by atoms with E-state index in [1.165, 1.54) is 17.4 Å². The highest BCUT2D eigenvalue weighted by Gasteiger charge is 2.41. The summed E-state index contributed by atoms with van der Waals surface area (Å²) in [5.74, 6) is 0.152. The summed E-state index contributed by atoms with van der Waals surface area (Å²) in [5, 5.41) is 0. The first-order valence-electron chi connectivity index (χ1n) is 10.1. The Morgan fingerprint density at radius 3 is 2.48 bits per heavy atom. The topological polar surface area (TPSA) is 33.5 Å². The Labute approximate surface area is 158 Å². The Hall–Kier alpha value is -1.12. The number of fused-ring (bicyclic) bond motifs is 1. The van der Waals surface area contributed by atoms with E-state index in [9.17, 15) is 13.2 Å². The molecule has 0 N–H and O–H groups in total. The van der Waals surface area contributed by atoms with Gasteiger partial charge in [0.1, 0.15) is 0 Å². The van der Waals surface area contributed by atoms with E-state index in [-0.39, 0.29) is 5.92 Å². The first-order valence-corrected chi connectivity index (χ1v) is 10.1. The molecule has 152 valence electrons. The van der Waals surface area contributed by atoms with Gasteiger partial charge in [0, 0.05) is 38.7 Å². The number of hydrogen-bond acceptors (Lipinski definition) is 4. The summed E-state index contributed by atoms with van der Waals surface area (Å²) < 4.78 is 47.7. The van der Waals surface area contributed by atoms with E-state index in [4.69, 9.17) is 4.74 Å². The number of alkyl halides is 3. The quantitative estimate of drug-likeness (QED) is 0.704. The molecule has 3 heterocycles. The van der Waals surface area contributed by atoms with Gasteiger partial charge in [-0.05, 0) is 51.7 Å². The van der Waals surface area contributed by atoms with Crippen LogP contribution in [0.3, 0.4) is 0 Å². The standard InChI is InChI=1S/C19H29F3N4O/c1-24-6-4-15(5-7-24)17-16-12-25(10-11-27-13-14-2-3-14)8-9-26(16)18(23-17)19(20,21)22/h14-15H,2-13H2,1H3. The highest BCUT2D eigenvalue weighted by molar-refractivity contribution is 5.25. The number of imidazole rings is 1. The van der Waals surface area contributed by atoms with E-state index in [1.807, 2.05) is 0 Å². The maximum atomic E-state index is 13.5. The normalized spacial score (nSPS) is 23.0. The third-order valence-electron chi connectivity index (χ3n) is 6.08. The molecule has 0 radical (unpaired) electrons. The lowest BCUT2D eigenvalue weighted by atomic mass is 9.92. The zero-order valence-corrected chi connectivity index (χ0v) is 16.0. The van der Waals surface area contributed by atoms with E-state index < -0.39 is 12.0 Å². The van der Waals surface area contributed by atoms with Crippen molar-refractivity contribution in [2.75, 3.05) is 46.4 Å². The largest absolute Gasteiger partial charge is 0.449 e.